The van der Waals surface area contributed by atoms with Crippen LogP contribution in [0.4, 0.5) is 5.82 Å². The SMILES string of the molecule is CC(=O)C1CCN(c2nc(/C=C/CO[Si](C)(C)C(C)(C)C)cn(COCC[Si](C)(C)C)c2=O)CC1. The molecular formula is C26H47N3O4Si2. The van der Waals surface area contributed by atoms with Crippen LogP contribution in [0, 0.1) is 5.92 Å². The molecule has 0 N–H and O–H groups in total. The molecule has 0 radical (unpaired) electrons. The molecule has 0 amide bonds. The Morgan fingerprint density at radius 1 is 1.17 bits per heavy atom. The van der Waals surface area contributed by atoms with E-state index in [1.165, 1.54) is 0 Å². The summed E-state index contributed by atoms with van der Waals surface area (Å²) < 4.78 is 13.8. The Bertz CT molecular complexity index is 937. The minimum atomic E-state index is -1.83. The molecule has 7 nitrogen and oxygen atoms in total. The number of nitrogens with zero attached hydrogens (tertiary/aromatic N) is 3. The van der Waals surface area contributed by atoms with Gasteiger partial charge < -0.3 is 14.1 Å². The van der Waals surface area contributed by atoms with E-state index in [1.54, 1.807) is 17.7 Å². The monoisotopic (exact) mass is 521 g/mol. The van der Waals surface area contributed by atoms with Gasteiger partial charge in [-0.15, -0.1) is 0 Å². The average molecular weight is 522 g/mol. The van der Waals surface area contributed by atoms with Crippen molar-refractivity contribution in [3.05, 3.63) is 28.3 Å². The van der Waals surface area contributed by atoms with Crippen LogP contribution in [0.25, 0.3) is 6.08 Å². The topological polar surface area (TPSA) is 73.7 Å². The summed E-state index contributed by atoms with van der Waals surface area (Å²) in [6, 6.07) is 1.05. The third-order valence-electron chi connectivity index (χ3n) is 7.21. The lowest BCUT2D eigenvalue weighted by atomic mass is 9.93. The van der Waals surface area contributed by atoms with Crippen LogP contribution in [0.3, 0.4) is 0 Å². The maximum Gasteiger partial charge on any atom is 0.295 e. The van der Waals surface area contributed by atoms with Gasteiger partial charge >= 0.3 is 0 Å². The Balaban J connectivity index is 2.21. The van der Waals surface area contributed by atoms with Crippen molar-refractivity contribution < 1.29 is 14.0 Å². The van der Waals surface area contributed by atoms with Gasteiger partial charge in [-0.1, -0.05) is 46.5 Å². The summed E-state index contributed by atoms with van der Waals surface area (Å²) in [5.41, 5.74) is 0.565. The molecule has 1 saturated heterocycles. The van der Waals surface area contributed by atoms with Crippen LogP contribution in [0.15, 0.2) is 17.1 Å². The maximum atomic E-state index is 13.3. The van der Waals surface area contributed by atoms with Crippen molar-refractivity contribution in [2.45, 2.75) is 91.1 Å². The van der Waals surface area contributed by atoms with Gasteiger partial charge in [-0.3, -0.25) is 14.2 Å². The normalized spacial score (nSPS) is 16.3. The summed E-state index contributed by atoms with van der Waals surface area (Å²) in [6.07, 6.45) is 7.19. The molecular weight excluding hydrogens is 474 g/mol. The van der Waals surface area contributed by atoms with E-state index < -0.39 is 16.4 Å². The highest BCUT2D eigenvalue weighted by Crippen LogP contribution is 2.36. The lowest BCUT2D eigenvalue weighted by molar-refractivity contribution is -0.121. The van der Waals surface area contributed by atoms with E-state index in [4.69, 9.17) is 14.1 Å². The van der Waals surface area contributed by atoms with Crippen LogP contribution in [-0.4, -0.2) is 58.0 Å². The number of hydrogen-bond acceptors (Lipinski definition) is 6. The van der Waals surface area contributed by atoms with Gasteiger partial charge in [0.05, 0.1) is 12.3 Å². The van der Waals surface area contributed by atoms with Crippen LogP contribution in [0.5, 0.6) is 0 Å². The zero-order valence-corrected chi connectivity index (χ0v) is 25.4. The molecule has 0 unspecified atom stereocenters. The van der Waals surface area contributed by atoms with E-state index >= 15 is 0 Å². The fourth-order valence-electron chi connectivity index (χ4n) is 3.61. The Kier molecular flexibility index (Phi) is 10.3. The first-order valence-electron chi connectivity index (χ1n) is 12.9. The molecule has 1 aromatic rings. The molecule has 2 rings (SSSR count). The molecule has 1 aliphatic rings. The van der Waals surface area contributed by atoms with E-state index in [-0.39, 0.29) is 29.0 Å². The fraction of sp³-hybridized carbons (Fsp3) is 0.731. The minimum Gasteiger partial charge on any atom is -0.413 e. The molecule has 0 saturated carbocycles. The second kappa shape index (κ2) is 12.1. The predicted molar refractivity (Wildman–Crippen MR) is 150 cm³/mol. The van der Waals surface area contributed by atoms with E-state index in [0.29, 0.717) is 37.8 Å². The van der Waals surface area contributed by atoms with Crippen LogP contribution < -0.4 is 10.5 Å². The average Bonchev–Trinajstić information content (AvgIpc) is 2.74. The van der Waals surface area contributed by atoms with Gasteiger partial charge in [0.1, 0.15) is 12.5 Å². The first-order valence-corrected chi connectivity index (χ1v) is 19.5. The molecule has 1 fully saturated rings. The molecule has 0 bridgehead atoms. The summed E-state index contributed by atoms with van der Waals surface area (Å²) in [5.74, 6) is 0.742. The van der Waals surface area contributed by atoms with Crippen LogP contribution >= 0.6 is 0 Å². The number of Topliss-reactive ketones (excluding diaryl/α,β-unsaturated/α-hetero) is 1. The zero-order chi connectivity index (χ0) is 26.4. The van der Waals surface area contributed by atoms with Crippen molar-refractivity contribution in [1.82, 2.24) is 9.55 Å². The van der Waals surface area contributed by atoms with Crippen molar-refractivity contribution in [3.63, 3.8) is 0 Å². The predicted octanol–water partition coefficient (Wildman–Crippen LogP) is 5.40. The van der Waals surface area contributed by atoms with Gasteiger partial charge in [-0.05, 0) is 50.0 Å². The molecule has 0 aliphatic carbocycles. The summed E-state index contributed by atoms with van der Waals surface area (Å²) in [5, 5.41) is 0.152. The third-order valence-corrected chi connectivity index (χ3v) is 13.4. The zero-order valence-electron chi connectivity index (χ0n) is 23.4. The van der Waals surface area contributed by atoms with Crippen molar-refractivity contribution >= 4 is 34.1 Å². The smallest absolute Gasteiger partial charge is 0.295 e. The van der Waals surface area contributed by atoms with E-state index in [9.17, 15) is 9.59 Å². The Labute approximate surface area is 214 Å². The first-order chi connectivity index (χ1) is 16.1. The number of piperidine rings is 1. The second-order valence-electron chi connectivity index (χ2n) is 12.5. The number of aromatic nitrogens is 2. The van der Waals surface area contributed by atoms with Crippen molar-refractivity contribution in [2.24, 2.45) is 5.92 Å². The molecule has 9 heteroatoms. The molecule has 2 heterocycles. The number of hydrogen-bond donors (Lipinski definition) is 0. The molecule has 198 valence electrons. The molecule has 1 aromatic heterocycles. The van der Waals surface area contributed by atoms with Gasteiger partial charge in [-0.25, -0.2) is 4.98 Å². The Hall–Kier alpha value is -1.56. The number of carbonyl (C=O) groups is 1. The lowest BCUT2D eigenvalue weighted by Gasteiger charge is -2.35. The van der Waals surface area contributed by atoms with E-state index in [0.717, 1.165) is 18.9 Å². The summed E-state index contributed by atoms with van der Waals surface area (Å²) in [4.78, 5) is 31.8. The highest BCUT2D eigenvalue weighted by molar-refractivity contribution is 6.76. The highest BCUT2D eigenvalue weighted by Gasteiger charge is 2.36. The van der Waals surface area contributed by atoms with Crippen molar-refractivity contribution in [3.8, 4) is 0 Å². The molecule has 0 aromatic carbocycles. The van der Waals surface area contributed by atoms with Gasteiger partial charge in [0.2, 0.25) is 0 Å². The summed E-state index contributed by atoms with van der Waals surface area (Å²) in [6.45, 7) is 22.4. The number of carbonyl (C=O) groups excluding carboxylic acids is 1. The lowest BCUT2D eigenvalue weighted by Crippen LogP contribution is -2.41. The number of ether oxygens (including phenoxy) is 1. The van der Waals surface area contributed by atoms with Gasteiger partial charge in [-0.2, -0.15) is 0 Å². The maximum absolute atomic E-state index is 13.3. The molecule has 35 heavy (non-hydrogen) atoms. The second-order valence-corrected chi connectivity index (χ2v) is 22.9. The summed E-state index contributed by atoms with van der Waals surface area (Å²) >= 11 is 0. The van der Waals surface area contributed by atoms with Crippen molar-refractivity contribution in [2.75, 3.05) is 31.2 Å². The van der Waals surface area contributed by atoms with Gasteiger partial charge in [0.25, 0.3) is 5.56 Å². The summed E-state index contributed by atoms with van der Waals surface area (Å²) in [7, 11) is -3.04. The Morgan fingerprint density at radius 2 is 1.80 bits per heavy atom. The standard InChI is InChI=1S/C26H47N3O4Si2/c1-21(30)22-12-14-28(15-13-22)24-25(31)29(20-32-17-18-34(5,6)7)19-23(27-24)11-10-16-33-35(8,9)26(2,3)4/h10-11,19,22H,12-18,20H2,1-9H3/b11-10+. The van der Waals surface area contributed by atoms with Crippen LogP contribution in [0.2, 0.25) is 43.8 Å². The van der Waals surface area contributed by atoms with E-state index in [2.05, 4.69) is 53.5 Å². The highest BCUT2D eigenvalue weighted by atomic mass is 28.4. The first kappa shape index (κ1) is 29.7. The van der Waals surface area contributed by atoms with Gasteiger partial charge in [0.15, 0.2) is 14.1 Å². The van der Waals surface area contributed by atoms with Crippen molar-refractivity contribution in [1.29, 1.82) is 0 Å². The number of rotatable bonds is 11. The minimum absolute atomic E-state index is 0.0777. The molecule has 0 atom stereocenters. The number of anilines is 1. The van der Waals surface area contributed by atoms with Crippen LogP contribution in [0.1, 0.15) is 46.2 Å². The molecule has 1 aliphatic heterocycles. The molecule has 0 spiro atoms. The Morgan fingerprint density at radius 3 is 2.34 bits per heavy atom. The van der Waals surface area contributed by atoms with E-state index in [1.807, 2.05) is 17.1 Å². The third kappa shape index (κ3) is 9.11. The van der Waals surface area contributed by atoms with Crippen LogP contribution in [-0.2, 0) is 20.7 Å². The largest absolute Gasteiger partial charge is 0.413 e. The van der Waals surface area contributed by atoms with Gasteiger partial charge in [0, 0.05) is 39.9 Å². The fourth-order valence-corrected chi connectivity index (χ4v) is 5.31. The number of ketones is 1. The quantitative estimate of drug-likeness (QED) is 0.287.